The standard InChI is InChI=1S/C17H16F3N2O8P/c1-3-28-31(27,29-4-2)16-10-12(6-7-13(16)21(23)24)30-15-8-5-11(17(18,19)20)9-14(15)22(25)26/h5-10H,3-4H2,1-2H3. The average molecular weight is 464 g/mol. The molecule has 0 saturated heterocycles. The molecular weight excluding hydrogens is 448 g/mol. The highest BCUT2D eigenvalue weighted by molar-refractivity contribution is 7.62. The minimum Gasteiger partial charge on any atom is -0.450 e. The van der Waals surface area contributed by atoms with Gasteiger partial charge in [0.1, 0.15) is 11.1 Å². The number of ether oxygens (including phenoxy) is 1. The maximum absolute atomic E-state index is 13.0. The van der Waals surface area contributed by atoms with Crippen LogP contribution in [0.15, 0.2) is 36.4 Å². The second-order valence-corrected chi connectivity index (χ2v) is 7.77. The Bertz CT molecular complexity index is 1030. The minimum atomic E-state index is -4.81. The van der Waals surface area contributed by atoms with Crippen molar-refractivity contribution in [2.75, 3.05) is 13.2 Å². The topological polar surface area (TPSA) is 131 Å². The number of nitro benzene ring substituents is 2. The van der Waals surface area contributed by atoms with Crippen LogP contribution in [-0.4, -0.2) is 23.1 Å². The van der Waals surface area contributed by atoms with Gasteiger partial charge in [-0.1, -0.05) is 0 Å². The summed E-state index contributed by atoms with van der Waals surface area (Å²) in [5.74, 6) is -0.816. The van der Waals surface area contributed by atoms with E-state index in [1.807, 2.05) is 0 Å². The third-order valence-electron chi connectivity index (χ3n) is 3.75. The van der Waals surface area contributed by atoms with Gasteiger partial charge < -0.3 is 13.8 Å². The summed E-state index contributed by atoms with van der Waals surface area (Å²) in [7, 11) is -4.16. The van der Waals surface area contributed by atoms with Crippen LogP contribution in [0.3, 0.4) is 0 Å². The molecule has 0 spiro atoms. The number of hydrogen-bond donors (Lipinski definition) is 0. The monoisotopic (exact) mass is 464 g/mol. The summed E-state index contributed by atoms with van der Waals surface area (Å²) >= 11 is 0. The molecule has 0 unspecified atom stereocenters. The number of halogens is 3. The zero-order chi connectivity index (χ0) is 23.4. The first-order valence-electron chi connectivity index (χ1n) is 8.64. The van der Waals surface area contributed by atoms with Crippen LogP contribution in [0.2, 0.25) is 0 Å². The lowest BCUT2D eigenvalue weighted by molar-refractivity contribution is -0.385. The van der Waals surface area contributed by atoms with Crippen molar-refractivity contribution >= 4 is 24.3 Å². The van der Waals surface area contributed by atoms with Gasteiger partial charge in [0.15, 0.2) is 0 Å². The first kappa shape index (κ1) is 24.3. The molecule has 0 aromatic heterocycles. The Morgan fingerprint density at radius 2 is 1.52 bits per heavy atom. The molecule has 0 aliphatic heterocycles. The highest BCUT2D eigenvalue weighted by atomic mass is 31.2. The first-order valence-corrected chi connectivity index (χ1v) is 10.2. The normalized spacial score (nSPS) is 11.9. The average Bonchev–Trinajstić information content (AvgIpc) is 2.67. The van der Waals surface area contributed by atoms with Crippen LogP contribution in [-0.2, 0) is 19.8 Å². The lowest BCUT2D eigenvalue weighted by atomic mass is 10.2. The lowest BCUT2D eigenvalue weighted by Gasteiger charge is -2.18. The molecule has 31 heavy (non-hydrogen) atoms. The molecule has 0 amide bonds. The van der Waals surface area contributed by atoms with Crippen LogP contribution in [0.1, 0.15) is 19.4 Å². The van der Waals surface area contributed by atoms with E-state index in [4.69, 9.17) is 13.8 Å². The fourth-order valence-electron chi connectivity index (χ4n) is 2.51. The molecule has 2 aromatic rings. The molecule has 0 N–H and O–H groups in total. The minimum absolute atomic E-state index is 0.107. The van der Waals surface area contributed by atoms with Gasteiger partial charge in [-0.25, -0.2) is 0 Å². The third-order valence-corrected chi connectivity index (χ3v) is 5.89. The Kier molecular flexibility index (Phi) is 7.37. The molecule has 14 heteroatoms. The van der Waals surface area contributed by atoms with Gasteiger partial charge in [-0.15, -0.1) is 0 Å². The second-order valence-electron chi connectivity index (χ2n) is 5.78. The molecule has 0 atom stereocenters. The van der Waals surface area contributed by atoms with E-state index >= 15 is 0 Å². The first-order chi connectivity index (χ1) is 14.4. The van der Waals surface area contributed by atoms with Crippen molar-refractivity contribution in [1.82, 2.24) is 0 Å². The van der Waals surface area contributed by atoms with Gasteiger partial charge in [0.2, 0.25) is 5.75 Å². The summed E-state index contributed by atoms with van der Waals surface area (Å²) in [5, 5.41) is 22.1. The Balaban J connectivity index is 2.58. The molecule has 0 radical (unpaired) electrons. The van der Waals surface area contributed by atoms with E-state index in [-0.39, 0.29) is 19.0 Å². The van der Waals surface area contributed by atoms with Gasteiger partial charge in [-0.3, -0.25) is 24.8 Å². The number of benzene rings is 2. The van der Waals surface area contributed by atoms with Gasteiger partial charge in [-0.2, -0.15) is 13.2 Å². The van der Waals surface area contributed by atoms with Crippen molar-refractivity contribution in [1.29, 1.82) is 0 Å². The predicted molar refractivity (Wildman–Crippen MR) is 102 cm³/mol. The van der Waals surface area contributed by atoms with Crippen LogP contribution in [0.5, 0.6) is 11.5 Å². The highest BCUT2D eigenvalue weighted by Crippen LogP contribution is 2.50. The SMILES string of the molecule is CCOP(=O)(OCC)c1cc(Oc2ccc(C(F)(F)F)cc2[N+](=O)[O-])ccc1[N+](=O)[O-]. The molecule has 2 rings (SSSR count). The molecule has 0 heterocycles. The summed E-state index contributed by atoms with van der Waals surface area (Å²) in [4.78, 5) is 20.7. The predicted octanol–water partition coefficient (Wildman–Crippen LogP) is 5.21. The Labute approximate surface area is 173 Å². The molecule has 0 fully saturated rings. The highest BCUT2D eigenvalue weighted by Gasteiger charge is 2.36. The molecule has 2 aromatic carbocycles. The maximum Gasteiger partial charge on any atom is 0.416 e. The summed E-state index contributed by atoms with van der Waals surface area (Å²) in [5.41, 5.74) is -2.85. The van der Waals surface area contributed by atoms with Crippen molar-refractivity contribution < 1.29 is 41.4 Å². The molecule has 0 bridgehead atoms. The Morgan fingerprint density at radius 3 is 2.00 bits per heavy atom. The summed E-state index contributed by atoms with van der Waals surface area (Å²) in [6.07, 6.45) is -4.81. The van der Waals surface area contributed by atoms with Gasteiger partial charge in [0.25, 0.3) is 5.69 Å². The van der Waals surface area contributed by atoms with Crippen molar-refractivity contribution in [3.8, 4) is 11.5 Å². The summed E-state index contributed by atoms with van der Waals surface area (Å²) in [6, 6.07) is 4.53. The third kappa shape index (κ3) is 5.57. The van der Waals surface area contributed by atoms with E-state index in [2.05, 4.69) is 0 Å². The number of alkyl halides is 3. The molecule has 0 saturated carbocycles. The van der Waals surface area contributed by atoms with Crippen molar-refractivity contribution in [2.24, 2.45) is 0 Å². The van der Waals surface area contributed by atoms with Crippen molar-refractivity contribution in [3.05, 3.63) is 62.2 Å². The van der Waals surface area contributed by atoms with E-state index < -0.39 is 51.6 Å². The van der Waals surface area contributed by atoms with Crippen molar-refractivity contribution in [3.63, 3.8) is 0 Å². The second kappa shape index (κ2) is 9.41. The number of rotatable bonds is 9. The molecule has 10 nitrogen and oxygen atoms in total. The fraction of sp³-hybridized carbons (Fsp3) is 0.294. The molecule has 168 valence electrons. The Hall–Kier alpha value is -3.02. The quantitative estimate of drug-likeness (QED) is 0.281. The van der Waals surface area contributed by atoms with E-state index in [1.54, 1.807) is 0 Å². The van der Waals surface area contributed by atoms with E-state index in [9.17, 15) is 38.0 Å². The Morgan fingerprint density at radius 1 is 0.935 bits per heavy atom. The molecule has 0 aliphatic rings. The number of hydrogen-bond acceptors (Lipinski definition) is 8. The summed E-state index contributed by atoms with van der Waals surface area (Å²) in [6.45, 7) is 2.76. The number of nitro groups is 2. The van der Waals surface area contributed by atoms with Crippen LogP contribution >= 0.6 is 7.60 Å². The van der Waals surface area contributed by atoms with Crippen LogP contribution in [0.4, 0.5) is 24.5 Å². The van der Waals surface area contributed by atoms with Crippen LogP contribution in [0, 0.1) is 20.2 Å². The van der Waals surface area contributed by atoms with Crippen molar-refractivity contribution in [2.45, 2.75) is 20.0 Å². The van der Waals surface area contributed by atoms with Gasteiger partial charge in [0.05, 0.1) is 28.6 Å². The van der Waals surface area contributed by atoms with Gasteiger partial charge in [0, 0.05) is 18.2 Å². The smallest absolute Gasteiger partial charge is 0.416 e. The lowest BCUT2D eigenvalue weighted by Crippen LogP contribution is -2.15. The van der Waals surface area contributed by atoms with Gasteiger partial charge in [-0.05, 0) is 32.0 Å². The maximum atomic E-state index is 13.0. The number of nitrogens with zero attached hydrogens (tertiary/aromatic N) is 2. The van der Waals surface area contributed by atoms with E-state index in [0.717, 1.165) is 24.3 Å². The zero-order valence-electron chi connectivity index (χ0n) is 16.1. The molecular formula is C17H16F3N2O8P. The largest absolute Gasteiger partial charge is 0.450 e. The summed E-state index contributed by atoms with van der Waals surface area (Å²) < 4.78 is 67.1. The zero-order valence-corrected chi connectivity index (χ0v) is 17.0. The van der Waals surface area contributed by atoms with Gasteiger partial charge >= 0.3 is 19.5 Å². The van der Waals surface area contributed by atoms with E-state index in [1.165, 1.54) is 13.8 Å². The van der Waals surface area contributed by atoms with Crippen LogP contribution in [0.25, 0.3) is 0 Å². The van der Waals surface area contributed by atoms with E-state index in [0.29, 0.717) is 12.1 Å². The molecule has 0 aliphatic carbocycles. The van der Waals surface area contributed by atoms with Crippen LogP contribution < -0.4 is 10.0 Å². The fourth-order valence-corrected chi connectivity index (χ4v) is 4.26.